The number of aliphatic hydroxyl groups excluding tert-OH is 1. The van der Waals surface area contributed by atoms with Crippen molar-refractivity contribution in [2.45, 2.75) is 25.5 Å². The van der Waals surface area contributed by atoms with Gasteiger partial charge in [0.05, 0.1) is 36.7 Å². The van der Waals surface area contributed by atoms with Crippen molar-refractivity contribution in [1.29, 1.82) is 0 Å². The molecule has 0 radical (unpaired) electrons. The van der Waals surface area contributed by atoms with E-state index < -0.39 is 6.10 Å². The van der Waals surface area contributed by atoms with Gasteiger partial charge < -0.3 is 19.5 Å². The molecule has 2 aromatic carbocycles. The summed E-state index contributed by atoms with van der Waals surface area (Å²) in [7, 11) is 1.56. The fourth-order valence-corrected chi connectivity index (χ4v) is 3.87. The number of hydrogen-bond acceptors (Lipinski definition) is 5. The van der Waals surface area contributed by atoms with Crippen LogP contribution in [0.25, 0.3) is 5.69 Å². The molecule has 5 rings (SSSR count). The summed E-state index contributed by atoms with van der Waals surface area (Å²) in [5.74, 6) is 1.29. The van der Waals surface area contributed by atoms with Crippen molar-refractivity contribution in [1.82, 2.24) is 9.78 Å². The van der Waals surface area contributed by atoms with Crippen molar-refractivity contribution in [3.8, 4) is 17.2 Å². The predicted molar refractivity (Wildman–Crippen MR) is 116 cm³/mol. The monoisotopic (exact) mass is 439 g/mol. The summed E-state index contributed by atoms with van der Waals surface area (Å²) in [4.78, 5) is 14.7. The van der Waals surface area contributed by atoms with Gasteiger partial charge in [-0.3, -0.25) is 4.79 Å². The average Bonchev–Trinajstić information content (AvgIpc) is 3.48. The lowest BCUT2D eigenvalue weighted by Crippen LogP contribution is -2.24. The molecule has 1 atom stereocenters. The maximum Gasteiger partial charge on any atom is 0.262 e. The number of carbonyl (C=O) groups excluding carboxylic acids is 1. The Morgan fingerprint density at radius 3 is 2.58 bits per heavy atom. The molecule has 1 unspecified atom stereocenters. The molecule has 8 heteroatoms. The Bertz CT molecular complexity index is 1120. The van der Waals surface area contributed by atoms with Gasteiger partial charge >= 0.3 is 0 Å². The number of amides is 1. The number of anilines is 1. The van der Waals surface area contributed by atoms with Gasteiger partial charge in [0, 0.05) is 23.0 Å². The first-order valence-corrected chi connectivity index (χ1v) is 10.6. The van der Waals surface area contributed by atoms with E-state index in [4.69, 9.17) is 21.1 Å². The van der Waals surface area contributed by atoms with E-state index in [-0.39, 0.29) is 12.5 Å². The van der Waals surface area contributed by atoms with Crippen molar-refractivity contribution in [2.75, 3.05) is 18.6 Å². The highest BCUT2D eigenvalue weighted by molar-refractivity contribution is 6.30. The Morgan fingerprint density at radius 2 is 1.90 bits per heavy atom. The molecular weight excluding hydrogens is 418 g/mol. The van der Waals surface area contributed by atoms with E-state index in [1.54, 1.807) is 47.2 Å². The number of methoxy groups -OCH3 is 1. The van der Waals surface area contributed by atoms with Gasteiger partial charge in [-0.05, 0) is 55.2 Å². The first-order chi connectivity index (χ1) is 15.0. The van der Waals surface area contributed by atoms with Crippen LogP contribution in [0.1, 0.15) is 28.9 Å². The van der Waals surface area contributed by atoms with Gasteiger partial charge in [-0.15, -0.1) is 0 Å². The van der Waals surface area contributed by atoms with E-state index in [9.17, 15) is 9.90 Å². The first-order valence-electron chi connectivity index (χ1n) is 10.2. The molecule has 7 nitrogen and oxygen atoms in total. The van der Waals surface area contributed by atoms with Crippen LogP contribution < -0.4 is 14.4 Å². The predicted octanol–water partition coefficient (Wildman–Crippen LogP) is 3.84. The summed E-state index contributed by atoms with van der Waals surface area (Å²) < 4.78 is 12.9. The third-order valence-corrected chi connectivity index (χ3v) is 5.95. The normalized spacial score (nSPS) is 16.4. The van der Waals surface area contributed by atoms with E-state index in [1.807, 2.05) is 18.2 Å². The summed E-state index contributed by atoms with van der Waals surface area (Å²) in [6.07, 6.45) is 3.38. The van der Waals surface area contributed by atoms with E-state index in [1.165, 1.54) is 0 Å². The van der Waals surface area contributed by atoms with Crippen molar-refractivity contribution in [2.24, 2.45) is 5.92 Å². The van der Waals surface area contributed by atoms with Crippen LogP contribution in [-0.2, 0) is 6.54 Å². The number of aliphatic hydroxyl groups is 1. The SMILES string of the molecule is COc1cc(N2Cc3nn(-c4ccc(Cl)cc4)cc3C2=O)ccc1OCC(O)C1CC1. The number of aromatic nitrogens is 2. The number of rotatable bonds is 7. The van der Waals surface area contributed by atoms with E-state index in [2.05, 4.69) is 5.10 Å². The zero-order valence-electron chi connectivity index (χ0n) is 17.0. The second-order valence-corrected chi connectivity index (χ2v) is 8.29. The molecule has 2 heterocycles. The van der Waals surface area contributed by atoms with E-state index in [0.29, 0.717) is 45.9 Å². The van der Waals surface area contributed by atoms with Crippen molar-refractivity contribution in [3.63, 3.8) is 0 Å². The van der Waals surface area contributed by atoms with Crippen molar-refractivity contribution >= 4 is 23.2 Å². The largest absolute Gasteiger partial charge is 0.493 e. The lowest BCUT2D eigenvalue weighted by Gasteiger charge is -2.19. The van der Waals surface area contributed by atoms with Crippen LogP contribution >= 0.6 is 11.6 Å². The van der Waals surface area contributed by atoms with Gasteiger partial charge in [-0.2, -0.15) is 5.10 Å². The van der Waals surface area contributed by atoms with Crippen LogP contribution in [-0.4, -0.2) is 40.6 Å². The molecule has 1 aromatic heterocycles. The zero-order valence-corrected chi connectivity index (χ0v) is 17.7. The second kappa shape index (κ2) is 7.90. The Balaban J connectivity index is 1.33. The van der Waals surface area contributed by atoms with E-state index in [0.717, 1.165) is 18.5 Å². The zero-order chi connectivity index (χ0) is 21.5. The van der Waals surface area contributed by atoms with Gasteiger partial charge in [0.1, 0.15) is 6.61 Å². The molecule has 0 saturated heterocycles. The summed E-state index contributed by atoms with van der Waals surface area (Å²) in [5.41, 5.74) is 2.83. The maximum absolute atomic E-state index is 13.0. The molecule has 1 amide bonds. The minimum absolute atomic E-state index is 0.116. The number of ether oxygens (including phenoxy) is 2. The molecule has 1 aliphatic heterocycles. The number of fused-ring (bicyclic) bond motifs is 1. The Hall–Kier alpha value is -3.03. The number of carbonyl (C=O) groups is 1. The number of nitrogens with zero attached hydrogens (tertiary/aromatic N) is 3. The van der Waals surface area contributed by atoms with Crippen LogP contribution in [0.15, 0.2) is 48.7 Å². The first kappa shape index (κ1) is 19.9. The lowest BCUT2D eigenvalue weighted by molar-refractivity contribution is 0.0880. The molecule has 3 aromatic rings. The molecule has 0 bridgehead atoms. The highest BCUT2D eigenvalue weighted by Crippen LogP contribution is 2.37. The third kappa shape index (κ3) is 3.86. The minimum atomic E-state index is -0.461. The molecule has 1 aliphatic carbocycles. The molecule has 1 N–H and O–H groups in total. The van der Waals surface area contributed by atoms with Crippen molar-refractivity contribution < 1.29 is 19.4 Å². The summed E-state index contributed by atoms with van der Waals surface area (Å²) in [5, 5.41) is 15.3. The standard InChI is InChI=1S/C23H22ClN3O4/c1-30-22-10-17(8-9-21(22)31-13-20(28)14-2-3-14)26-12-19-18(23(26)29)11-27(25-19)16-6-4-15(24)5-7-16/h4-11,14,20,28H,2-3,12-13H2,1H3. The molecule has 31 heavy (non-hydrogen) atoms. The lowest BCUT2D eigenvalue weighted by atomic mass is 10.2. The van der Waals surface area contributed by atoms with Crippen LogP contribution in [0.2, 0.25) is 5.02 Å². The number of benzene rings is 2. The average molecular weight is 440 g/mol. The fourth-order valence-electron chi connectivity index (χ4n) is 3.74. The van der Waals surface area contributed by atoms with E-state index >= 15 is 0 Å². The second-order valence-electron chi connectivity index (χ2n) is 7.85. The maximum atomic E-state index is 13.0. The molecule has 1 fully saturated rings. The quantitative estimate of drug-likeness (QED) is 0.605. The Labute approximate surface area is 184 Å². The Morgan fingerprint density at radius 1 is 1.16 bits per heavy atom. The van der Waals surface area contributed by atoms with Crippen LogP contribution in [0.5, 0.6) is 11.5 Å². The van der Waals surface area contributed by atoms with Gasteiger partial charge in [0.2, 0.25) is 0 Å². The van der Waals surface area contributed by atoms with Crippen molar-refractivity contribution in [3.05, 3.63) is 64.9 Å². The topological polar surface area (TPSA) is 76.8 Å². The summed E-state index contributed by atoms with van der Waals surface area (Å²) >= 11 is 5.95. The summed E-state index contributed by atoms with van der Waals surface area (Å²) in [6, 6.07) is 12.7. The molecule has 160 valence electrons. The Kier molecular flexibility index (Phi) is 5.08. The third-order valence-electron chi connectivity index (χ3n) is 5.70. The van der Waals surface area contributed by atoms with Gasteiger partial charge in [-0.1, -0.05) is 11.6 Å². The van der Waals surface area contributed by atoms with Crippen LogP contribution in [0, 0.1) is 5.92 Å². The number of halogens is 1. The highest BCUT2D eigenvalue weighted by Gasteiger charge is 2.33. The van der Waals surface area contributed by atoms with Crippen LogP contribution in [0.3, 0.4) is 0 Å². The summed E-state index contributed by atoms with van der Waals surface area (Å²) in [6.45, 7) is 0.603. The molecule has 2 aliphatic rings. The molecule has 1 saturated carbocycles. The smallest absolute Gasteiger partial charge is 0.262 e. The highest BCUT2D eigenvalue weighted by atomic mass is 35.5. The minimum Gasteiger partial charge on any atom is -0.493 e. The van der Waals surface area contributed by atoms with Gasteiger partial charge in [0.15, 0.2) is 11.5 Å². The van der Waals surface area contributed by atoms with Gasteiger partial charge in [0.25, 0.3) is 5.91 Å². The van der Waals surface area contributed by atoms with Gasteiger partial charge in [-0.25, -0.2) is 4.68 Å². The molecule has 0 spiro atoms. The van der Waals surface area contributed by atoms with Crippen LogP contribution in [0.4, 0.5) is 5.69 Å². The molecular formula is C23H22ClN3O4. The fraction of sp³-hybridized carbons (Fsp3) is 0.304. The number of hydrogen-bond donors (Lipinski definition) is 1.